The first-order valence-electron chi connectivity index (χ1n) is 12.4. The number of fused-ring (bicyclic) bond motifs is 7. The number of aliphatic hydroxyl groups excluding tert-OH is 1. The fraction of sp³-hybridized carbons (Fsp3) is 0.679. The number of aliphatic hydroxyl groups is 1. The molecule has 1 saturated heterocycles. The molecule has 1 aliphatic heterocycles. The molecule has 0 aromatic carbocycles. The van der Waals surface area contributed by atoms with Crippen molar-refractivity contribution in [1.29, 1.82) is 0 Å². The zero-order chi connectivity index (χ0) is 26.0. The van der Waals surface area contributed by atoms with Crippen molar-refractivity contribution < 1.29 is 28.6 Å². The number of rotatable bonds is 3. The van der Waals surface area contributed by atoms with E-state index in [9.17, 15) is 19.5 Å². The minimum absolute atomic E-state index is 0.00131. The predicted molar refractivity (Wildman–Crippen MR) is 129 cm³/mol. The monoisotopic (exact) mass is 485 g/mol. The van der Waals surface area contributed by atoms with Crippen LogP contribution >= 0.6 is 0 Å². The van der Waals surface area contributed by atoms with Crippen LogP contribution in [0.4, 0.5) is 4.39 Å². The Morgan fingerprint density at radius 1 is 1.26 bits per heavy atom. The fourth-order valence-corrected chi connectivity index (χ4v) is 8.86. The van der Waals surface area contributed by atoms with Gasteiger partial charge in [-0.1, -0.05) is 25.5 Å². The Bertz CT molecular complexity index is 1030. The van der Waals surface area contributed by atoms with Crippen LogP contribution in [0.15, 0.2) is 23.8 Å². The number of ether oxygens (including phenoxy) is 1. The number of hydrogen-bond donors (Lipinski definition) is 2. The highest BCUT2D eigenvalue weighted by Crippen LogP contribution is 2.74. The molecule has 3 saturated carbocycles. The van der Waals surface area contributed by atoms with E-state index in [1.54, 1.807) is 12.2 Å². The van der Waals surface area contributed by atoms with Crippen molar-refractivity contribution in [3.8, 4) is 12.8 Å². The third-order valence-electron chi connectivity index (χ3n) is 10.3. The number of ketones is 2. The summed E-state index contributed by atoms with van der Waals surface area (Å²) in [6.45, 7) is 8.00. The van der Waals surface area contributed by atoms with Crippen molar-refractivity contribution in [2.75, 3.05) is 19.7 Å². The Balaban J connectivity index is 0.00000141. The normalized spacial score (nSPS) is 47.3. The van der Waals surface area contributed by atoms with Gasteiger partial charge in [0, 0.05) is 24.8 Å². The molecule has 4 fully saturated rings. The minimum Gasteiger partial charge on any atom is -0.458 e. The van der Waals surface area contributed by atoms with Crippen LogP contribution in [-0.2, 0) is 19.1 Å². The lowest BCUT2D eigenvalue weighted by molar-refractivity contribution is -0.210. The van der Waals surface area contributed by atoms with E-state index in [1.807, 2.05) is 20.8 Å². The molecule has 190 valence electrons. The van der Waals surface area contributed by atoms with Crippen molar-refractivity contribution >= 4 is 17.5 Å². The highest BCUT2D eigenvalue weighted by atomic mass is 19.1. The summed E-state index contributed by atoms with van der Waals surface area (Å²) in [5, 5.41) is 14.9. The second-order valence-electron chi connectivity index (χ2n) is 11.5. The maximum atomic E-state index is 17.4. The maximum Gasteiger partial charge on any atom is 0.303 e. The van der Waals surface area contributed by atoms with E-state index >= 15 is 4.39 Å². The van der Waals surface area contributed by atoms with E-state index in [2.05, 4.69) is 18.2 Å². The molecular weight excluding hydrogens is 449 g/mol. The predicted octanol–water partition coefficient (Wildman–Crippen LogP) is 2.80. The van der Waals surface area contributed by atoms with Gasteiger partial charge >= 0.3 is 5.97 Å². The van der Waals surface area contributed by atoms with Crippen LogP contribution in [-0.4, -0.2) is 54.1 Å². The largest absolute Gasteiger partial charge is 0.458 e. The highest BCUT2D eigenvalue weighted by molar-refractivity contribution is 6.01. The van der Waals surface area contributed by atoms with Gasteiger partial charge in [0.2, 0.25) is 0 Å². The van der Waals surface area contributed by atoms with Crippen molar-refractivity contribution in [1.82, 2.24) is 5.32 Å². The second kappa shape index (κ2) is 8.38. The van der Waals surface area contributed by atoms with Crippen LogP contribution in [0.2, 0.25) is 0 Å². The number of alkyl halides is 1. The van der Waals surface area contributed by atoms with Crippen LogP contribution in [0.25, 0.3) is 0 Å². The lowest BCUT2D eigenvalue weighted by Gasteiger charge is -2.64. The molecule has 6 nitrogen and oxygen atoms in total. The second-order valence-corrected chi connectivity index (χ2v) is 11.5. The minimum atomic E-state index is -1.92. The Morgan fingerprint density at radius 3 is 2.60 bits per heavy atom. The zero-order valence-electron chi connectivity index (χ0n) is 21.0. The van der Waals surface area contributed by atoms with Gasteiger partial charge in [0.1, 0.15) is 0 Å². The van der Waals surface area contributed by atoms with Crippen molar-refractivity contribution in [2.45, 2.75) is 58.7 Å². The van der Waals surface area contributed by atoms with Crippen molar-refractivity contribution in [3.05, 3.63) is 23.8 Å². The van der Waals surface area contributed by atoms with Gasteiger partial charge in [-0.3, -0.25) is 14.4 Å². The molecule has 4 aliphatic carbocycles. The van der Waals surface area contributed by atoms with Gasteiger partial charge in [0.15, 0.2) is 23.8 Å². The molecular formula is C28H36FNO5. The average molecular weight is 486 g/mol. The van der Waals surface area contributed by atoms with Gasteiger partial charge in [0.05, 0.1) is 11.5 Å². The number of allylic oxidation sites excluding steroid dienone is 4. The average Bonchev–Trinajstić information content (AvgIpc) is 3.34. The Labute approximate surface area is 206 Å². The Morgan fingerprint density at radius 2 is 1.94 bits per heavy atom. The van der Waals surface area contributed by atoms with Gasteiger partial charge < -0.3 is 15.2 Å². The number of carbonyl (C=O) groups is 3. The van der Waals surface area contributed by atoms with Crippen LogP contribution in [0, 0.1) is 52.8 Å². The zero-order valence-corrected chi connectivity index (χ0v) is 21.0. The van der Waals surface area contributed by atoms with E-state index in [1.165, 1.54) is 13.0 Å². The number of carbonyl (C=O) groups excluding carboxylic acids is 3. The summed E-state index contributed by atoms with van der Waals surface area (Å²) in [6.07, 6.45) is 12.8. The first-order valence-corrected chi connectivity index (χ1v) is 12.4. The number of nitrogens with one attached hydrogen (secondary N) is 1. The first kappa shape index (κ1) is 25.8. The van der Waals surface area contributed by atoms with Crippen LogP contribution in [0.1, 0.15) is 47.0 Å². The molecule has 0 spiro atoms. The van der Waals surface area contributed by atoms with E-state index in [0.717, 1.165) is 5.57 Å². The molecule has 0 radical (unpaired) electrons. The molecule has 7 heteroatoms. The molecule has 5 aliphatic rings. The molecule has 0 aromatic rings. The molecule has 1 unspecified atom stereocenters. The summed E-state index contributed by atoms with van der Waals surface area (Å²) in [5.74, 6) is -1.29. The molecule has 5 rings (SSSR count). The Kier molecular flexibility index (Phi) is 6.18. The standard InChI is InChI=1S/C26H34FNO5.C2H2/c1-14-7-20-19-8-16-11-28-13-25(16,22(32)12-33-15(2)29)24(19,4)10-21(31)26(20,27)23(3)6-5-17(30)9-18(14)23;1-2/h5-6,9,14,16,19-21,28,31H,7-8,10-13H2,1-4H3;1-2H/t14-,16-,19?,20-,21-,23-,24-,25+,26-;/m0./s1. The molecule has 2 N–H and O–H groups in total. The third kappa shape index (κ3) is 3.12. The Hall–Kier alpha value is -2.30. The fourth-order valence-electron chi connectivity index (χ4n) is 8.86. The quantitative estimate of drug-likeness (QED) is 0.472. The van der Waals surface area contributed by atoms with Crippen LogP contribution < -0.4 is 5.32 Å². The first-order chi connectivity index (χ1) is 16.4. The number of esters is 1. The molecule has 0 amide bonds. The van der Waals surface area contributed by atoms with E-state index in [4.69, 9.17) is 4.74 Å². The van der Waals surface area contributed by atoms with Gasteiger partial charge in [0.25, 0.3) is 0 Å². The topological polar surface area (TPSA) is 92.7 Å². The van der Waals surface area contributed by atoms with Gasteiger partial charge in [-0.05, 0) is 68.1 Å². The summed E-state index contributed by atoms with van der Waals surface area (Å²) >= 11 is 0. The summed E-state index contributed by atoms with van der Waals surface area (Å²) < 4.78 is 22.5. The summed E-state index contributed by atoms with van der Waals surface area (Å²) in [7, 11) is 0. The number of terminal acetylenes is 1. The van der Waals surface area contributed by atoms with Crippen LogP contribution in [0.5, 0.6) is 0 Å². The van der Waals surface area contributed by atoms with Gasteiger partial charge in [-0.15, -0.1) is 12.8 Å². The number of halogens is 1. The van der Waals surface area contributed by atoms with E-state index in [-0.39, 0.29) is 42.3 Å². The molecule has 0 bridgehead atoms. The lowest BCUT2D eigenvalue weighted by atomic mass is 9.42. The molecule has 0 aromatic heterocycles. The third-order valence-corrected chi connectivity index (χ3v) is 10.3. The van der Waals surface area contributed by atoms with E-state index < -0.39 is 39.9 Å². The van der Waals surface area contributed by atoms with Gasteiger partial charge in [-0.25, -0.2) is 4.39 Å². The number of hydrogen-bond acceptors (Lipinski definition) is 6. The maximum absolute atomic E-state index is 17.4. The SMILES string of the molecule is C#C.CC(=O)OCC(=O)[C@@]12CNC[C@@H]1CC1[C@@H]3C[C@H](C)C4=CC(=O)C=C[C@]4(C)[C@@]3(F)[C@@H](O)C[C@@]12C. The number of Topliss-reactive ketones (excluding diaryl/α,β-unsaturated/α-hetero) is 1. The molecule has 9 atom stereocenters. The van der Waals surface area contributed by atoms with Crippen LogP contribution in [0.3, 0.4) is 0 Å². The summed E-state index contributed by atoms with van der Waals surface area (Å²) in [4.78, 5) is 37.1. The van der Waals surface area contributed by atoms with Gasteiger partial charge in [-0.2, -0.15) is 0 Å². The molecule has 1 heterocycles. The molecule has 35 heavy (non-hydrogen) atoms. The smallest absolute Gasteiger partial charge is 0.303 e. The highest BCUT2D eigenvalue weighted by Gasteiger charge is 2.77. The van der Waals surface area contributed by atoms with Crippen molar-refractivity contribution in [2.24, 2.45) is 39.9 Å². The van der Waals surface area contributed by atoms with Crippen molar-refractivity contribution in [3.63, 3.8) is 0 Å². The van der Waals surface area contributed by atoms with E-state index in [0.29, 0.717) is 25.9 Å². The lowest BCUT2D eigenvalue weighted by Crippen LogP contribution is -2.69. The summed E-state index contributed by atoms with van der Waals surface area (Å²) in [5.41, 5.74) is -3.64. The summed E-state index contributed by atoms with van der Waals surface area (Å²) in [6, 6.07) is 0.